The maximum atomic E-state index is 12.5. The number of nitrogens with one attached hydrogen (secondary N) is 2. The fourth-order valence-electron chi connectivity index (χ4n) is 2.43. The number of H-pyrrole nitrogens is 1. The lowest BCUT2D eigenvalue weighted by molar-refractivity contribution is 0.0602. The van der Waals surface area contributed by atoms with E-state index in [-0.39, 0.29) is 16.8 Å². The van der Waals surface area contributed by atoms with Crippen molar-refractivity contribution in [3.63, 3.8) is 0 Å². The molecule has 126 valence electrons. The summed E-state index contributed by atoms with van der Waals surface area (Å²) >= 11 is 5.90. The number of pyridine rings is 1. The molecule has 0 saturated carbocycles. The van der Waals surface area contributed by atoms with E-state index in [1.54, 1.807) is 36.4 Å². The Balaban J connectivity index is 1.99. The van der Waals surface area contributed by atoms with Gasteiger partial charge in [-0.15, -0.1) is 0 Å². The van der Waals surface area contributed by atoms with Gasteiger partial charge in [-0.2, -0.15) is 0 Å². The number of aromatic nitrogens is 1. The highest BCUT2D eigenvalue weighted by atomic mass is 35.5. The summed E-state index contributed by atoms with van der Waals surface area (Å²) in [7, 11) is 1.25. The van der Waals surface area contributed by atoms with E-state index in [9.17, 15) is 14.4 Å². The van der Waals surface area contributed by atoms with Gasteiger partial charge in [0.1, 0.15) is 5.56 Å². The van der Waals surface area contributed by atoms with Crippen LogP contribution in [0.3, 0.4) is 0 Å². The van der Waals surface area contributed by atoms with Gasteiger partial charge in [-0.3, -0.25) is 9.59 Å². The number of para-hydroxylation sites is 1. The minimum atomic E-state index is -0.630. The third-order valence-electron chi connectivity index (χ3n) is 3.67. The van der Waals surface area contributed by atoms with Crippen molar-refractivity contribution in [1.82, 2.24) is 4.98 Å². The Labute approximate surface area is 147 Å². The Hall–Kier alpha value is -3.12. The van der Waals surface area contributed by atoms with Gasteiger partial charge in [0.2, 0.25) is 5.43 Å². The molecule has 1 amide bonds. The molecular weight excluding hydrogens is 344 g/mol. The van der Waals surface area contributed by atoms with E-state index in [1.165, 1.54) is 19.4 Å². The second-order valence-electron chi connectivity index (χ2n) is 5.21. The molecule has 0 spiro atoms. The Bertz CT molecular complexity index is 1040. The van der Waals surface area contributed by atoms with Gasteiger partial charge in [0.05, 0.1) is 23.9 Å². The van der Waals surface area contributed by atoms with Gasteiger partial charge < -0.3 is 15.0 Å². The second-order valence-corrected chi connectivity index (χ2v) is 5.65. The summed E-state index contributed by atoms with van der Waals surface area (Å²) in [6, 6.07) is 11.1. The lowest BCUT2D eigenvalue weighted by Crippen LogP contribution is -2.23. The molecule has 25 heavy (non-hydrogen) atoms. The standard InChI is InChI=1S/C18H13ClN2O4/c1-25-18(24)12-4-2-3-5-14(12)21-17(23)13-9-20-15-8-10(19)6-7-11(15)16(13)22/h2-9H,1H3,(H,20,22)(H,21,23). The molecule has 1 aromatic heterocycles. The van der Waals surface area contributed by atoms with Crippen LogP contribution in [-0.4, -0.2) is 24.0 Å². The van der Waals surface area contributed by atoms with Gasteiger partial charge in [0, 0.05) is 16.6 Å². The van der Waals surface area contributed by atoms with Gasteiger partial charge in [0.15, 0.2) is 0 Å². The van der Waals surface area contributed by atoms with Gasteiger partial charge >= 0.3 is 5.97 Å². The van der Waals surface area contributed by atoms with Crippen molar-refractivity contribution >= 4 is 40.1 Å². The van der Waals surface area contributed by atoms with Crippen molar-refractivity contribution in [3.05, 3.63) is 75.0 Å². The van der Waals surface area contributed by atoms with Crippen LogP contribution in [0.5, 0.6) is 0 Å². The van der Waals surface area contributed by atoms with Gasteiger partial charge in [-0.1, -0.05) is 23.7 Å². The van der Waals surface area contributed by atoms with Gasteiger partial charge in [0.25, 0.3) is 5.91 Å². The maximum absolute atomic E-state index is 12.5. The molecular formula is C18H13ClN2O4. The SMILES string of the molecule is COC(=O)c1ccccc1NC(=O)c1c[nH]c2cc(Cl)ccc2c1=O. The van der Waals surface area contributed by atoms with E-state index in [1.807, 2.05) is 0 Å². The summed E-state index contributed by atoms with van der Waals surface area (Å²) in [6.45, 7) is 0. The molecule has 0 atom stereocenters. The normalized spacial score (nSPS) is 10.5. The largest absolute Gasteiger partial charge is 0.465 e. The number of hydrogen-bond acceptors (Lipinski definition) is 4. The van der Waals surface area contributed by atoms with Crippen molar-refractivity contribution < 1.29 is 14.3 Å². The first kappa shape index (κ1) is 16.7. The van der Waals surface area contributed by atoms with Crippen molar-refractivity contribution in [2.24, 2.45) is 0 Å². The molecule has 0 fully saturated rings. The van der Waals surface area contributed by atoms with E-state index in [0.29, 0.717) is 15.9 Å². The molecule has 7 heteroatoms. The smallest absolute Gasteiger partial charge is 0.339 e. The van der Waals surface area contributed by atoms with Crippen LogP contribution in [0.2, 0.25) is 5.02 Å². The number of halogens is 1. The van der Waals surface area contributed by atoms with Crippen molar-refractivity contribution in [2.45, 2.75) is 0 Å². The van der Waals surface area contributed by atoms with Crippen LogP contribution in [0.4, 0.5) is 5.69 Å². The van der Waals surface area contributed by atoms with E-state index in [0.717, 1.165) is 0 Å². The molecule has 0 radical (unpaired) electrons. The number of amides is 1. The fourth-order valence-corrected chi connectivity index (χ4v) is 2.60. The van der Waals surface area contributed by atoms with E-state index < -0.39 is 17.3 Å². The Morgan fingerprint density at radius 2 is 1.88 bits per heavy atom. The zero-order chi connectivity index (χ0) is 18.0. The van der Waals surface area contributed by atoms with Gasteiger partial charge in [-0.05, 0) is 30.3 Å². The average Bonchev–Trinajstić information content (AvgIpc) is 2.61. The number of aromatic amines is 1. The highest BCUT2D eigenvalue weighted by molar-refractivity contribution is 6.31. The molecule has 2 N–H and O–H groups in total. The molecule has 3 aromatic rings. The van der Waals surface area contributed by atoms with Crippen LogP contribution in [-0.2, 0) is 4.74 Å². The summed E-state index contributed by atoms with van der Waals surface area (Å²) in [5, 5.41) is 3.40. The molecule has 3 rings (SSSR count). The van der Waals surface area contributed by atoms with Crippen molar-refractivity contribution in [1.29, 1.82) is 0 Å². The number of esters is 1. The highest BCUT2D eigenvalue weighted by Gasteiger charge is 2.17. The predicted octanol–water partition coefficient (Wildman–Crippen LogP) is 3.22. The zero-order valence-electron chi connectivity index (χ0n) is 13.1. The summed E-state index contributed by atoms with van der Waals surface area (Å²) < 4.78 is 4.69. The zero-order valence-corrected chi connectivity index (χ0v) is 13.9. The van der Waals surface area contributed by atoms with E-state index >= 15 is 0 Å². The number of ether oxygens (including phenoxy) is 1. The minimum absolute atomic E-state index is 0.0745. The van der Waals surface area contributed by atoms with Crippen molar-refractivity contribution in [2.75, 3.05) is 12.4 Å². The van der Waals surface area contributed by atoms with Crippen LogP contribution in [0.15, 0.2) is 53.5 Å². The van der Waals surface area contributed by atoms with Crippen LogP contribution in [0.1, 0.15) is 20.7 Å². The third kappa shape index (κ3) is 3.25. The summed E-state index contributed by atoms with van der Waals surface area (Å²) in [4.78, 5) is 39.7. The van der Waals surface area contributed by atoms with E-state index in [2.05, 4.69) is 15.0 Å². The first-order valence-corrected chi connectivity index (χ1v) is 7.68. The number of rotatable bonds is 3. The summed E-state index contributed by atoms with van der Waals surface area (Å²) in [6.07, 6.45) is 1.32. The molecule has 0 unspecified atom stereocenters. The number of carbonyl (C=O) groups excluding carboxylic acids is 2. The topological polar surface area (TPSA) is 88.3 Å². The molecule has 0 saturated heterocycles. The quantitative estimate of drug-likeness (QED) is 0.705. The summed E-state index contributed by atoms with van der Waals surface area (Å²) in [5.74, 6) is -1.22. The van der Waals surface area contributed by atoms with Gasteiger partial charge in [-0.25, -0.2) is 4.79 Å². The maximum Gasteiger partial charge on any atom is 0.339 e. The lowest BCUT2D eigenvalue weighted by atomic mass is 10.1. The Morgan fingerprint density at radius 3 is 2.64 bits per heavy atom. The first-order chi connectivity index (χ1) is 12.0. The predicted molar refractivity (Wildman–Crippen MR) is 95.3 cm³/mol. The molecule has 0 aliphatic carbocycles. The minimum Gasteiger partial charge on any atom is -0.465 e. The molecule has 2 aromatic carbocycles. The first-order valence-electron chi connectivity index (χ1n) is 7.31. The number of fused-ring (bicyclic) bond motifs is 1. The number of carbonyl (C=O) groups is 2. The second kappa shape index (κ2) is 6.78. The molecule has 0 bridgehead atoms. The monoisotopic (exact) mass is 356 g/mol. The number of methoxy groups -OCH3 is 1. The van der Waals surface area contributed by atoms with Crippen LogP contribution >= 0.6 is 11.6 Å². The number of hydrogen-bond donors (Lipinski definition) is 2. The molecule has 0 aliphatic rings. The van der Waals surface area contributed by atoms with E-state index in [4.69, 9.17) is 11.6 Å². The number of benzene rings is 2. The Kier molecular flexibility index (Phi) is 4.54. The van der Waals surface area contributed by atoms with Crippen LogP contribution in [0.25, 0.3) is 10.9 Å². The average molecular weight is 357 g/mol. The highest BCUT2D eigenvalue weighted by Crippen LogP contribution is 2.18. The van der Waals surface area contributed by atoms with Crippen molar-refractivity contribution in [3.8, 4) is 0 Å². The van der Waals surface area contributed by atoms with Crippen LogP contribution < -0.4 is 10.7 Å². The lowest BCUT2D eigenvalue weighted by Gasteiger charge is -2.09. The fraction of sp³-hybridized carbons (Fsp3) is 0.0556. The molecule has 1 heterocycles. The molecule has 0 aliphatic heterocycles. The summed E-state index contributed by atoms with van der Waals surface area (Å²) in [5.41, 5.74) is 0.481. The third-order valence-corrected chi connectivity index (χ3v) is 3.90. The Morgan fingerprint density at radius 1 is 1.12 bits per heavy atom. The molecule has 6 nitrogen and oxygen atoms in total. The van der Waals surface area contributed by atoms with Crippen LogP contribution in [0, 0.1) is 0 Å². The number of anilines is 1.